The standard InChI is InChI=1S/C15H11BrFN3O/c1-9-5-12(16)13(17)7-14(9)20-15(21)19-11-4-2-3-10(6-11)8-18/h2-7H,1H3,(H2,19,20,21). The zero-order valence-electron chi connectivity index (χ0n) is 11.1. The fraction of sp³-hybridized carbons (Fsp3) is 0.0667. The summed E-state index contributed by atoms with van der Waals surface area (Å²) in [6, 6.07) is 10.8. The summed E-state index contributed by atoms with van der Waals surface area (Å²) < 4.78 is 13.8. The van der Waals surface area contributed by atoms with Gasteiger partial charge in [0.05, 0.1) is 16.1 Å². The van der Waals surface area contributed by atoms with Crippen LogP contribution >= 0.6 is 15.9 Å². The third-order valence-corrected chi connectivity index (χ3v) is 3.37. The van der Waals surface area contributed by atoms with Crippen LogP contribution in [-0.4, -0.2) is 6.03 Å². The van der Waals surface area contributed by atoms with E-state index in [-0.39, 0.29) is 0 Å². The second kappa shape index (κ2) is 6.37. The van der Waals surface area contributed by atoms with Crippen LogP contribution in [-0.2, 0) is 0 Å². The van der Waals surface area contributed by atoms with Crippen molar-refractivity contribution in [1.29, 1.82) is 5.26 Å². The lowest BCUT2D eigenvalue weighted by Crippen LogP contribution is -2.20. The monoisotopic (exact) mass is 347 g/mol. The van der Waals surface area contributed by atoms with Crippen LogP contribution in [0, 0.1) is 24.1 Å². The molecule has 0 aliphatic rings. The molecular formula is C15H11BrFN3O. The number of urea groups is 1. The molecule has 106 valence electrons. The van der Waals surface area contributed by atoms with Crippen LogP contribution in [0.5, 0.6) is 0 Å². The normalized spacial score (nSPS) is 9.81. The molecule has 0 spiro atoms. The Bertz CT molecular complexity index is 740. The van der Waals surface area contributed by atoms with E-state index in [1.807, 2.05) is 6.07 Å². The Balaban J connectivity index is 2.12. The van der Waals surface area contributed by atoms with Gasteiger partial charge in [-0.3, -0.25) is 0 Å². The van der Waals surface area contributed by atoms with Crippen LogP contribution in [0.1, 0.15) is 11.1 Å². The molecule has 0 fully saturated rings. The van der Waals surface area contributed by atoms with Crippen LogP contribution in [0.15, 0.2) is 40.9 Å². The van der Waals surface area contributed by atoms with Gasteiger partial charge in [-0.15, -0.1) is 0 Å². The van der Waals surface area contributed by atoms with Gasteiger partial charge in [-0.05, 0) is 58.7 Å². The maximum absolute atomic E-state index is 13.5. The molecule has 2 aromatic carbocycles. The molecule has 0 aromatic heterocycles. The number of benzene rings is 2. The Labute approximate surface area is 129 Å². The molecule has 2 aromatic rings. The molecule has 0 heterocycles. The highest BCUT2D eigenvalue weighted by molar-refractivity contribution is 9.10. The number of aryl methyl sites for hydroxylation is 1. The second-order valence-electron chi connectivity index (χ2n) is 4.35. The molecule has 0 bridgehead atoms. The minimum atomic E-state index is -0.505. The molecule has 0 saturated heterocycles. The Kier molecular flexibility index (Phi) is 4.55. The second-order valence-corrected chi connectivity index (χ2v) is 5.21. The van der Waals surface area contributed by atoms with Gasteiger partial charge in [-0.25, -0.2) is 9.18 Å². The minimum absolute atomic E-state index is 0.340. The lowest BCUT2D eigenvalue weighted by atomic mass is 10.2. The van der Waals surface area contributed by atoms with Crippen LogP contribution < -0.4 is 10.6 Å². The molecule has 0 radical (unpaired) electrons. The van der Waals surface area contributed by atoms with Crippen molar-refractivity contribution in [2.75, 3.05) is 10.6 Å². The number of rotatable bonds is 2. The van der Waals surface area contributed by atoms with Gasteiger partial charge in [-0.2, -0.15) is 5.26 Å². The van der Waals surface area contributed by atoms with Gasteiger partial charge in [0.1, 0.15) is 5.82 Å². The number of hydrogen-bond acceptors (Lipinski definition) is 2. The van der Waals surface area contributed by atoms with E-state index in [9.17, 15) is 9.18 Å². The summed E-state index contributed by atoms with van der Waals surface area (Å²) in [5.41, 5.74) is 2.04. The van der Waals surface area contributed by atoms with E-state index >= 15 is 0 Å². The summed E-state index contributed by atoms with van der Waals surface area (Å²) in [6.07, 6.45) is 0. The first kappa shape index (κ1) is 15.0. The number of anilines is 2. The zero-order valence-corrected chi connectivity index (χ0v) is 12.7. The van der Waals surface area contributed by atoms with Crippen molar-refractivity contribution in [2.24, 2.45) is 0 Å². The van der Waals surface area contributed by atoms with Crippen molar-refractivity contribution in [1.82, 2.24) is 0 Å². The highest BCUT2D eigenvalue weighted by atomic mass is 79.9. The summed E-state index contributed by atoms with van der Waals surface area (Å²) in [6.45, 7) is 1.76. The van der Waals surface area contributed by atoms with Crippen LogP contribution in [0.4, 0.5) is 20.6 Å². The molecule has 0 unspecified atom stereocenters. The van der Waals surface area contributed by atoms with Gasteiger partial charge < -0.3 is 10.6 Å². The lowest BCUT2D eigenvalue weighted by molar-refractivity contribution is 0.262. The predicted molar refractivity (Wildman–Crippen MR) is 82.6 cm³/mol. The van der Waals surface area contributed by atoms with Gasteiger partial charge in [-0.1, -0.05) is 6.07 Å². The number of amides is 2. The van der Waals surface area contributed by atoms with Crippen molar-refractivity contribution in [3.63, 3.8) is 0 Å². The molecule has 4 nitrogen and oxygen atoms in total. The largest absolute Gasteiger partial charge is 0.323 e. The fourth-order valence-electron chi connectivity index (χ4n) is 1.73. The van der Waals surface area contributed by atoms with Gasteiger partial charge in [0.25, 0.3) is 0 Å². The molecular weight excluding hydrogens is 337 g/mol. The van der Waals surface area contributed by atoms with Crippen molar-refractivity contribution < 1.29 is 9.18 Å². The summed E-state index contributed by atoms with van der Waals surface area (Å²) in [7, 11) is 0. The third-order valence-electron chi connectivity index (χ3n) is 2.77. The number of carbonyl (C=O) groups is 1. The number of carbonyl (C=O) groups excluding carboxylic acids is 1. The van der Waals surface area contributed by atoms with Gasteiger partial charge in [0.15, 0.2) is 0 Å². The Morgan fingerprint density at radius 2 is 2.05 bits per heavy atom. The first-order valence-electron chi connectivity index (χ1n) is 6.03. The molecule has 21 heavy (non-hydrogen) atoms. The van der Waals surface area contributed by atoms with E-state index < -0.39 is 11.8 Å². The summed E-state index contributed by atoms with van der Waals surface area (Å²) >= 11 is 3.08. The van der Waals surface area contributed by atoms with Crippen molar-refractivity contribution in [3.05, 3.63) is 57.8 Å². The molecule has 0 aliphatic heterocycles. The van der Waals surface area contributed by atoms with E-state index in [4.69, 9.17) is 5.26 Å². The van der Waals surface area contributed by atoms with Crippen LogP contribution in [0.3, 0.4) is 0 Å². The van der Waals surface area contributed by atoms with Crippen molar-refractivity contribution in [3.8, 4) is 6.07 Å². The summed E-state index contributed by atoms with van der Waals surface area (Å²) in [4.78, 5) is 11.9. The lowest BCUT2D eigenvalue weighted by Gasteiger charge is -2.11. The number of hydrogen-bond donors (Lipinski definition) is 2. The molecule has 0 saturated carbocycles. The molecule has 6 heteroatoms. The minimum Gasteiger partial charge on any atom is -0.308 e. The van der Waals surface area contributed by atoms with E-state index in [2.05, 4.69) is 26.6 Å². The van der Waals surface area contributed by atoms with Crippen LogP contribution in [0.2, 0.25) is 0 Å². The Morgan fingerprint density at radius 1 is 1.29 bits per heavy atom. The van der Waals surface area contributed by atoms with E-state index in [0.29, 0.717) is 21.4 Å². The highest BCUT2D eigenvalue weighted by Gasteiger charge is 2.09. The highest BCUT2D eigenvalue weighted by Crippen LogP contribution is 2.24. The average molecular weight is 348 g/mol. The van der Waals surface area contributed by atoms with E-state index in [1.165, 1.54) is 6.07 Å². The predicted octanol–water partition coefficient (Wildman–Crippen LogP) is 4.41. The topological polar surface area (TPSA) is 64.9 Å². The quantitative estimate of drug-likeness (QED) is 0.844. The van der Waals surface area contributed by atoms with Gasteiger partial charge in [0.2, 0.25) is 0 Å². The number of nitrogens with one attached hydrogen (secondary N) is 2. The Hall–Kier alpha value is -2.39. The summed E-state index contributed by atoms with van der Waals surface area (Å²) in [5.74, 6) is -0.456. The molecule has 2 rings (SSSR count). The summed E-state index contributed by atoms with van der Waals surface area (Å²) in [5, 5.41) is 14.0. The van der Waals surface area contributed by atoms with Crippen LogP contribution in [0.25, 0.3) is 0 Å². The van der Waals surface area contributed by atoms with E-state index in [1.54, 1.807) is 37.3 Å². The first-order valence-corrected chi connectivity index (χ1v) is 6.82. The molecule has 2 N–H and O–H groups in total. The zero-order chi connectivity index (χ0) is 15.4. The number of halogens is 2. The SMILES string of the molecule is Cc1cc(Br)c(F)cc1NC(=O)Nc1cccc(C#N)c1. The number of nitrogens with zero attached hydrogens (tertiary/aromatic N) is 1. The average Bonchev–Trinajstić information content (AvgIpc) is 2.45. The van der Waals surface area contributed by atoms with E-state index in [0.717, 1.165) is 5.56 Å². The maximum atomic E-state index is 13.5. The van der Waals surface area contributed by atoms with Crippen molar-refractivity contribution >= 4 is 33.3 Å². The third kappa shape index (κ3) is 3.80. The molecule has 0 atom stereocenters. The number of nitriles is 1. The van der Waals surface area contributed by atoms with Crippen molar-refractivity contribution in [2.45, 2.75) is 6.92 Å². The molecule has 0 aliphatic carbocycles. The van der Waals surface area contributed by atoms with Gasteiger partial charge >= 0.3 is 6.03 Å². The fourth-order valence-corrected chi connectivity index (χ4v) is 2.19. The smallest absolute Gasteiger partial charge is 0.308 e. The van der Waals surface area contributed by atoms with Gasteiger partial charge in [0, 0.05) is 11.4 Å². The Morgan fingerprint density at radius 3 is 2.76 bits per heavy atom. The molecule has 2 amide bonds. The maximum Gasteiger partial charge on any atom is 0.323 e. The first-order chi connectivity index (χ1) is 9.99.